The highest BCUT2D eigenvalue weighted by atomic mass is 35.5. The van der Waals surface area contributed by atoms with Gasteiger partial charge in [-0.2, -0.15) is 0 Å². The summed E-state index contributed by atoms with van der Waals surface area (Å²) in [5.74, 6) is -0.638. The molecule has 2 N–H and O–H groups in total. The minimum absolute atomic E-state index is 0.0580. The average molecular weight is 398 g/mol. The van der Waals surface area contributed by atoms with E-state index in [9.17, 15) is 14.7 Å². The number of hydrogen-bond acceptors (Lipinski definition) is 5. The summed E-state index contributed by atoms with van der Waals surface area (Å²) >= 11 is 5.85. The van der Waals surface area contributed by atoms with Gasteiger partial charge in [-0.05, 0) is 29.8 Å². The molecular weight excluding hydrogens is 382 g/mol. The molecule has 4 rings (SSSR count). The highest BCUT2D eigenvalue weighted by Gasteiger charge is 2.26. The second kappa shape index (κ2) is 7.36. The summed E-state index contributed by atoms with van der Waals surface area (Å²) in [6.45, 7) is 0.989. The van der Waals surface area contributed by atoms with E-state index < -0.39 is 12.0 Å². The van der Waals surface area contributed by atoms with Crippen LogP contribution >= 0.6 is 11.6 Å². The Labute approximate surface area is 165 Å². The molecule has 0 bridgehead atoms. The van der Waals surface area contributed by atoms with E-state index in [1.807, 2.05) is 12.1 Å². The van der Waals surface area contributed by atoms with Crippen LogP contribution in [0.1, 0.15) is 15.9 Å². The number of nitrogens with zero attached hydrogens (tertiary/aromatic N) is 2. The molecule has 2 aromatic carbocycles. The number of cyclic esters (lactones) is 1. The fraction of sp³-hybridized carbons (Fsp3) is 0.150. The van der Waals surface area contributed by atoms with Crippen LogP contribution in [0.2, 0.25) is 5.02 Å². The lowest BCUT2D eigenvalue weighted by Gasteiger charge is -2.16. The monoisotopic (exact) mass is 397 g/mol. The summed E-state index contributed by atoms with van der Waals surface area (Å²) in [7, 11) is 0. The SMILES string of the molecule is O=C(NCc1ccc(Cl)cc1)c1cnc2c(N3CCOC3=O)cccc2c1O. The number of halogens is 1. The van der Waals surface area contributed by atoms with Crippen LogP contribution < -0.4 is 10.2 Å². The molecule has 2 amide bonds. The minimum Gasteiger partial charge on any atom is -0.506 e. The first-order valence-corrected chi connectivity index (χ1v) is 9.00. The van der Waals surface area contributed by atoms with E-state index in [2.05, 4.69) is 10.3 Å². The molecule has 0 spiro atoms. The van der Waals surface area contributed by atoms with Crippen LogP contribution in [0.3, 0.4) is 0 Å². The standard InChI is InChI=1S/C20H16ClN3O4/c21-13-6-4-12(5-7-13)10-23-19(26)15-11-22-17-14(18(15)25)2-1-3-16(17)24-8-9-28-20(24)27/h1-7,11H,8-10H2,(H,22,25)(H,23,26). The normalized spacial score (nSPS) is 13.6. The zero-order valence-electron chi connectivity index (χ0n) is 14.7. The van der Waals surface area contributed by atoms with Crippen molar-refractivity contribution in [2.45, 2.75) is 6.54 Å². The molecule has 28 heavy (non-hydrogen) atoms. The van der Waals surface area contributed by atoms with Crippen LogP contribution in [0, 0.1) is 0 Å². The summed E-state index contributed by atoms with van der Waals surface area (Å²) in [5, 5.41) is 14.4. The van der Waals surface area contributed by atoms with Gasteiger partial charge in [-0.15, -0.1) is 0 Å². The number of nitrogens with one attached hydrogen (secondary N) is 1. The number of rotatable bonds is 4. The molecule has 1 saturated heterocycles. The number of anilines is 1. The van der Waals surface area contributed by atoms with Crippen LogP contribution in [0.25, 0.3) is 10.9 Å². The van der Waals surface area contributed by atoms with Crippen molar-refractivity contribution in [2.75, 3.05) is 18.1 Å². The number of aromatic hydroxyl groups is 1. The predicted molar refractivity (Wildman–Crippen MR) is 105 cm³/mol. The van der Waals surface area contributed by atoms with Crippen LogP contribution in [-0.2, 0) is 11.3 Å². The molecule has 0 saturated carbocycles. The smallest absolute Gasteiger partial charge is 0.414 e. The summed E-state index contributed by atoms with van der Waals surface area (Å²) in [6.07, 6.45) is 0.846. The molecular formula is C20H16ClN3O4. The quantitative estimate of drug-likeness (QED) is 0.703. The van der Waals surface area contributed by atoms with Crippen LogP contribution in [0.5, 0.6) is 5.75 Å². The molecule has 3 aromatic rings. The van der Waals surface area contributed by atoms with Crippen molar-refractivity contribution in [1.82, 2.24) is 10.3 Å². The Morgan fingerprint density at radius 1 is 1.25 bits per heavy atom. The van der Waals surface area contributed by atoms with Gasteiger partial charge in [-0.25, -0.2) is 4.79 Å². The molecule has 0 radical (unpaired) electrons. The van der Waals surface area contributed by atoms with Crippen molar-refractivity contribution < 1.29 is 19.4 Å². The number of pyridine rings is 1. The van der Waals surface area contributed by atoms with Gasteiger partial charge in [0.05, 0.1) is 17.7 Å². The van der Waals surface area contributed by atoms with Crippen LogP contribution in [-0.4, -0.2) is 35.2 Å². The molecule has 8 heteroatoms. The van der Waals surface area contributed by atoms with Crippen LogP contribution in [0.4, 0.5) is 10.5 Å². The van der Waals surface area contributed by atoms with E-state index in [1.54, 1.807) is 30.3 Å². The third-order valence-electron chi connectivity index (χ3n) is 4.51. The summed E-state index contributed by atoms with van der Waals surface area (Å²) in [4.78, 5) is 30.2. The molecule has 2 heterocycles. The molecule has 0 atom stereocenters. The van der Waals surface area contributed by atoms with E-state index in [0.717, 1.165) is 5.56 Å². The van der Waals surface area contributed by atoms with Gasteiger partial charge in [0.1, 0.15) is 17.9 Å². The molecule has 1 aromatic heterocycles. The van der Waals surface area contributed by atoms with E-state index in [-0.39, 0.29) is 17.9 Å². The topological polar surface area (TPSA) is 91.8 Å². The molecule has 1 fully saturated rings. The number of ether oxygens (including phenoxy) is 1. The van der Waals surface area contributed by atoms with Crippen molar-refractivity contribution in [2.24, 2.45) is 0 Å². The molecule has 1 aliphatic heterocycles. The van der Waals surface area contributed by atoms with Gasteiger partial charge in [0.15, 0.2) is 0 Å². The van der Waals surface area contributed by atoms with Crippen molar-refractivity contribution in [3.63, 3.8) is 0 Å². The first kappa shape index (κ1) is 18.1. The highest BCUT2D eigenvalue weighted by Crippen LogP contribution is 2.34. The Balaban J connectivity index is 1.61. The third-order valence-corrected chi connectivity index (χ3v) is 4.76. The fourth-order valence-corrected chi connectivity index (χ4v) is 3.20. The maximum absolute atomic E-state index is 12.5. The minimum atomic E-state index is -0.460. The zero-order chi connectivity index (χ0) is 19.7. The Kier molecular flexibility index (Phi) is 4.75. The Bertz CT molecular complexity index is 1070. The Morgan fingerprint density at radius 3 is 2.75 bits per heavy atom. The lowest BCUT2D eigenvalue weighted by molar-refractivity contribution is 0.0948. The molecule has 142 valence electrons. The van der Waals surface area contributed by atoms with Crippen molar-refractivity contribution >= 4 is 40.2 Å². The number of fused-ring (bicyclic) bond motifs is 1. The summed E-state index contributed by atoms with van der Waals surface area (Å²) < 4.78 is 4.97. The second-order valence-corrected chi connectivity index (χ2v) is 6.71. The Morgan fingerprint density at radius 2 is 2.04 bits per heavy atom. The second-order valence-electron chi connectivity index (χ2n) is 6.27. The number of aromatic nitrogens is 1. The number of para-hydroxylation sites is 1. The number of carbonyl (C=O) groups is 2. The maximum Gasteiger partial charge on any atom is 0.414 e. The van der Waals surface area contributed by atoms with Gasteiger partial charge >= 0.3 is 6.09 Å². The highest BCUT2D eigenvalue weighted by molar-refractivity contribution is 6.30. The Hall–Kier alpha value is -3.32. The van der Waals surface area contributed by atoms with E-state index in [1.165, 1.54) is 11.1 Å². The van der Waals surface area contributed by atoms with E-state index >= 15 is 0 Å². The number of benzene rings is 2. The van der Waals surface area contributed by atoms with Crippen LogP contribution in [0.15, 0.2) is 48.7 Å². The maximum atomic E-state index is 12.5. The largest absolute Gasteiger partial charge is 0.506 e. The van der Waals surface area contributed by atoms with E-state index in [4.69, 9.17) is 16.3 Å². The lowest BCUT2D eigenvalue weighted by atomic mass is 10.1. The number of carbonyl (C=O) groups excluding carboxylic acids is 2. The van der Waals surface area contributed by atoms with E-state index in [0.29, 0.717) is 34.8 Å². The summed E-state index contributed by atoms with van der Waals surface area (Å²) in [5.41, 5.74) is 1.89. The van der Waals surface area contributed by atoms with Gasteiger partial charge in [0.2, 0.25) is 0 Å². The van der Waals surface area contributed by atoms with Gasteiger partial charge in [-0.3, -0.25) is 14.7 Å². The fourth-order valence-electron chi connectivity index (χ4n) is 3.07. The first-order chi connectivity index (χ1) is 13.5. The number of hydrogen-bond donors (Lipinski definition) is 2. The molecule has 0 unspecified atom stereocenters. The van der Waals surface area contributed by atoms with Crippen molar-refractivity contribution in [1.29, 1.82) is 0 Å². The van der Waals surface area contributed by atoms with Crippen molar-refractivity contribution in [3.8, 4) is 5.75 Å². The van der Waals surface area contributed by atoms with Gasteiger partial charge < -0.3 is 15.2 Å². The predicted octanol–water partition coefficient (Wildman–Crippen LogP) is 3.48. The van der Waals surface area contributed by atoms with Gasteiger partial charge in [0.25, 0.3) is 5.91 Å². The van der Waals surface area contributed by atoms with Gasteiger partial charge in [0, 0.05) is 23.2 Å². The first-order valence-electron chi connectivity index (χ1n) is 8.62. The van der Waals surface area contributed by atoms with Gasteiger partial charge in [-0.1, -0.05) is 29.8 Å². The zero-order valence-corrected chi connectivity index (χ0v) is 15.4. The van der Waals surface area contributed by atoms with Crippen molar-refractivity contribution in [3.05, 3.63) is 64.8 Å². The number of amides is 2. The third kappa shape index (κ3) is 3.32. The lowest BCUT2D eigenvalue weighted by Crippen LogP contribution is -2.24. The average Bonchev–Trinajstić information content (AvgIpc) is 3.13. The molecule has 1 aliphatic rings. The molecule has 7 nitrogen and oxygen atoms in total. The molecule has 0 aliphatic carbocycles. The summed E-state index contributed by atoms with van der Waals surface area (Å²) in [6, 6.07) is 12.2.